The summed E-state index contributed by atoms with van der Waals surface area (Å²) in [6.45, 7) is 7.61. The first kappa shape index (κ1) is 21.0. The Morgan fingerprint density at radius 2 is 2.14 bits per heavy atom. The lowest BCUT2D eigenvalue weighted by Crippen LogP contribution is -2.31. The fourth-order valence-electron chi connectivity index (χ4n) is 3.68. The first-order valence-corrected chi connectivity index (χ1v) is 10.1. The molecule has 1 atom stereocenters. The van der Waals surface area contributed by atoms with Crippen molar-refractivity contribution < 1.29 is 9.47 Å². The first-order valence-electron chi connectivity index (χ1n) is 10.1. The van der Waals surface area contributed by atoms with Gasteiger partial charge in [0.05, 0.1) is 30.3 Å². The molecule has 29 heavy (non-hydrogen) atoms. The molecule has 3 aromatic heterocycles. The Hall–Kier alpha value is -2.69. The maximum atomic E-state index is 9.20. The van der Waals surface area contributed by atoms with E-state index in [9.17, 15) is 5.26 Å². The lowest BCUT2D eigenvalue weighted by atomic mass is 9.83. The first-order chi connectivity index (χ1) is 14.1. The molecule has 0 amide bonds. The number of hydrogen-bond donors (Lipinski definition) is 2. The number of ether oxygens (including phenoxy) is 2. The smallest absolute Gasteiger partial charge is 0.142 e. The van der Waals surface area contributed by atoms with Gasteiger partial charge in [0.2, 0.25) is 0 Å². The lowest BCUT2D eigenvalue weighted by molar-refractivity contribution is 0.138. The molecule has 0 saturated heterocycles. The topological polar surface area (TPSA) is 95.8 Å². The number of aromatic nitrogens is 3. The molecule has 0 fully saturated rings. The maximum Gasteiger partial charge on any atom is 0.142 e. The molecular weight excluding hydrogens is 366 g/mol. The van der Waals surface area contributed by atoms with E-state index in [1.54, 1.807) is 25.6 Å². The molecule has 3 heterocycles. The van der Waals surface area contributed by atoms with E-state index in [0.717, 1.165) is 66.6 Å². The molecule has 0 spiro atoms. The summed E-state index contributed by atoms with van der Waals surface area (Å²) in [5.41, 5.74) is 2.04. The highest BCUT2D eigenvalue weighted by molar-refractivity contribution is 6.09. The molecule has 0 aromatic carbocycles. The minimum atomic E-state index is 0.0654. The molecule has 0 bridgehead atoms. The number of pyridine rings is 2. The average molecular weight is 396 g/mol. The van der Waals surface area contributed by atoms with Crippen LogP contribution in [-0.2, 0) is 4.74 Å². The second kappa shape index (κ2) is 9.68. The SMILES string of the molecule is CCCC(C)(CCNCCOC)COc1ccnc2[nH]c3cnc(C#N)cc3c12. The van der Waals surface area contributed by atoms with E-state index < -0.39 is 0 Å². The van der Waals surface area contributed by atoms with Gasteiger partial charge in [-0.3, -0.25) is 0 Å². The highest BCUT2D eigenvalue weighted by atomic mass is 16.5. The van der Waals surface area contributed by atoms with Crippen molar-refractivity contribution in [2.75, 3.05) is 33.4 Å². The van der Waals surface area contributed by atoms with Crippen LogP contribution in [0.1, 0.15) is 38.8 Å². The van der Waals surface area contributed by atoms with Gasteiger partial charge in [0.15, 0.2) is 0 Å². The molecular formula is C22H29N5O2. The minimum absolute atomic E-state index is 0.0654. The van der Waals surface area contributed by atoms with Crippen LogP contribution in [0.15, 0.2) is 24.5 Å². The predicted octanol–water partition coefficient (Wildman–Crippen LogP) is 3.79. The van der Waals surface area contributed by atoms with Gasteiger partial charge in [-0.25, -0.2) is 9.97 Å². The summed E-state index contributed by atoms with van der Waals surface area (Å²) in [7, 11) is 1.71. The number of methoxy groups -OCH3 is 1. The van der Waals surface area contributed by atoms with Crippen molar-refractivity contribution in [1.82, 2.24) is 20.3 Å². The number of nitrogens with one attached hydrogen (secondary N) is 2. The molecule has 3 rings (SSSR count). The standard InChI is InChI=1S/C22H29N5O2/c1-4-6-22(2,7-9-24-10-11-28-3)15-29-19-5-8-25-21-20(19)17-12-16(13-23)26-14-18(17)27-21/h5,8,12,14,24H,4,6-7,9-11,15H2,1-3H3,(H,25,27). The summed E-state index contributed by atoms with van der Waals surface area (Å²) in [5.74, 6) is 0.783. The zero-order chi connectivity index (χ0) is 20.7. The van der Waals surface area contributed by atoms with Crippen molar-refractivity contribution in [3.63, 3.8) is 0 Å². The second-order valence-corrected chi connectivity index (χ2v) is 7.73. The van der Waals surface area contributed by atoms with Crippen LogP contribution in [0.4, 0.5) is 0 Å². The Bertz CT molecular complexity index is 994. The van der Waals surface area contributed by atoms with Crippen molar-refractivity contribution in [3.8, 4) is 11.8 Å². The number of hydrogen-bond acceptors (Lipinski definition) is 6. The third-order valence-corrected chi connectivity index (χ3v) is 5.27. The van der Waals surface area contributed by atoms with E-state index in [2.05, 4.69) is 40.2 Å². The highest BCUT2D eigenvalue weighted by Crippen LogP contribution is 2.34. The number of H-pyrrole nitrogens is 1. The van der Waals surface area contributed by atoms with Crippen molar-refractivity contribution >= 4 is 21.9 Å². The van der Waals surface area contributed by atoms with Crippen molar-refractivity contribution in [2.45, 2.75) is 33.1 Å². The fraction of sp³-hybridized carbons (Fsp3) is 0.500. The summed E-state index contributed by atoms with van der Waals surface area (Å²) >= 11 is 0. The van der Waals surface area contributed by atoms with Gasteiger partial charge in [-0.15, -0.1) is 0 Å². The van der Waals surface area contributed by atoms with E-state index in [-0.39, 0.29) is 5.41 Å². The largest absolute Gasteiger partial charge is 0.492 e. The number of rotatable bonds is 11. The molecule has 0 radical (unpaired) electrons. The van der Waals surface area contributed by atoms with Crippen LogP contribution >= 0.6 is 0 Å². The molecule has 154 valence electrons. The van der Waals surface area contributed by atoms with Crippen LogP contribution < -0.4 is 10.1 Å². The van der Waals surface area contributed by atoms with Crippen molar-refractivity contribution in [1.29, 1.82) is 5.26 Å². The Morgan fingerprint density at radius 3 is 2.90 bits per heavy atom. The summed E-state index contributed by atoms with van der Waals surface area (Å²) in [6, 6.07) is 5.78. The summed E-state index contributed by atoms with van der Waals surface area (Å²) in [5, 5.41) is 14.4. The second-order valence-electron chi connectivity index (χ2n) is 7.73. The number of nitriles is 1. The Labute approximate surface area is 171 Å². The minimum Gasteiger partial charge on any atom is -0.492 e. The van der Waals surface area contributed by atoms with Crippen LogP contribution in [0.3, 0.4) is 0 Å². The Kier molecular flexibility index (Phi) is 7.02. The Morgan fingerprint density at radius 1 is 1.28 bits per heavy atom. The predicted molar refractivity (Wildman–Crippen MR) is 114 cm³/mol. The van der Waals surface area contributed by atoms with Gasteiger partial charge in [-0.05, 0) is 31.5 Å². The van der Waals surface area contributed by atoms with Crippen molar-refractivity contribution in [3.05, 3.63) is 30.2 Å². The van der Waals surface area contributed by atoms with Crippen LogP contribution in [0, 0.1) is 16.7 Å². The molecule has 1 unspecified atom stereocenters. The van der Waals surface area contributed by atoms with Gasteiger partial charge in [0.25, 0.3) is 0 Å². The third-order valence-electron chi connectivity index (χ3n) is 5.27. The molecule has 0 saturated carbocycles. The monoisotopic (exact) mass is 395 g/mol. The number of aromatic amines is 1. The lowest BCUT2D eigenvalue weighted by Gasteiger charge is -2.29. The van der Waals surface area contributed by atoms with E-state index in [1.165, 1.54) is 0 Å². The number of fused-ring (bicyclic) bond motifs is 3. The van der Waals surface area contributed by atoms with Crippen LogP contribution in [-0.4, -0.2) is 48.4 Å². The molecule has 2 N–H and O–H groups in total. The molecule has 7 nitrogen and oxygen atoms in total. The van der Waals surface area contributed by atoms with Gasteiger partial charge < -0.3 is 19.8 Å². The summed E-state index contributed by atoms with van der Waals surface area (Å²) < 4.78 is 11.4. The molecule has 7 heteroatoms. The van der Waals surface area contributed by atoms with E-state index >= 15 is 0 Å². The zero-order valence-corrected chi connectivity index (χ0v) is 17.4. The van der Waals surface area contributed by atoms with Gasteiger partial charge in [0, 0.05) is 30.7 Å². The van der Waals surface area contributed by atoms with Crippen LogP contribution in [0.25, 0.3) is 21.9 Å². The van der Waals surface area contributed by atoms with E-state index in [4.69, 9.17) is 9.47 Å². The van der Waals surface area contributed by atoms with Gasteiger partial charge in [-0.1, -0.05) is 20.3 Å². The molecule has 0 aliphatic rings. The van der Waals surface area contributed by atoms with E-state index in [1.807, 2.05) is 6.07 Å². The molecule has 3 aromatic rings. The Balaban J connectivity index is 1.80. The van der Waals surface area contributed by atoms with E-state index in [0.29, 0.717) is 12.3 Å². The third kappa shape index (κ3) is 5.03. The zero-order valence-electron chi connectivity index (χ0n) is 17.4. The van der Waals surface area contributed by atoms with Gasteiger partial charge >= 0.3 is 0 Å². The summed E-state index contributed by atoms with van der Waals surface area (Å²) in [4.78, 5) is 11.8. The number of nitrogens with zero attached hydrogens (tertiary/aromatic N) is 3. The quantitative estimate of drug-likeness (QED) is 0.480. The van der Waals surface area contributed by atoms with Crippen LogP contribution in [0.2, 0.25) is 0 Å². The highest BCUT2D eigenvalue weighted by Gasteiger charge is 2.25. The maximum absolute atomic E-state index is 9.20. The van der Waals surface area contributed by atoms with Gasteiger partial charge in [-0.2, -0.15) is 5.26 Å². The summed E-state index contributed by atoms with van der Waals surface area (Å²) in [6.07, 6.45) is 6.63. The fourth-order valence-corrected chi connectivity index (χ4v) is 3.68. The molecule has 0 aliphatic carbocycles. The molecule has 0 aliphatic heterocycles. The van der Waals surface area contributed by atoms with Gasteiger partial charge in [0.1, 0.15) is 23.2 Å². The normalized spacial score (nSPS) is 13.4. The average Bonchev–Trinajstić information content (AvgIpc) is 3.10. The van der Waals surface area contributed by atoms with Crippen LogP contribution in [0.5, 0.6) is 5.75 Å². The van der Waals surface area contributed by atoms with Crippen molar-refractivity contribution in [2.24, 2.45) is 5.41 Å².